The molecule has 0 bridgehead atoms. The van der Waals surface area contributed by atoms with Crippen LogP contribution in [-0.4, -0.2) is 31.0 Å². The second kappa shape index (κ2) is 4.93. The highest BCUT2D eigenvalue weighted by atomic mass is 16.5. The summed E-state index contributed by atoms with van der Waals surface area (Å²) in [6, 6.07) is 6.57. The topological polar surface area (TPSA) is 50.7 Å². The fraction of sp³-hybridized carbons (Fsp3) is 0.625. The quantitative estimate of drug-likeness (QED) is 0.890. The standard InChI is InChI=1S/C16H23NO3/c1-16(2)14(9-15(16)18)17-12-6-7-20-13-5-4-10(19-3)8-11(12)13/h4-5,8,12,14-15,17-18H,6-7,9H2,1-3H3. The minimum atomic E-state index is -0.204. The summed E-state index contributed by atoms with van der Waals surface area (Å²) in [6.07, 6.45) is 1.57. The van der Waals surface area contributed by atoms with E-state index >= 15 is 0 Å². The summed E-state index contributed by atoms with van der Waals surface area (Å²) in [5, 5.41) is 13.6. The van der Waals surface area contributed by atoms with Gasteiger partial charge in [-0.2, -0.15) is 0 Å². The molecule has 1 heterocycles. The first-order valence-corrected chi connectivity index (χ1v) is 7.27. The Morgan fingerprint density at radius 3 is 2.85 bits per heavy atom. The van der Waals surface area contributed by atoms with Gasteiger partial charge >= 0.3 is 0 Å². The Balaban J connectivity index is 1.80. The first-order chi connectivity index (χ1) is 9.52. The number of hydrogen-bond donors (Lipinski definition) is 2. The Kier molecular flexibility index (Phi) is 3.38. The van der Waals surface area contributed by atoms with Crippen LogP contribution in [0, 0.1) is 5.41 Å². The van der Waals surface area contributed by atoms with E-state index in [-0.39, 0.29) is 17.6 Å². The average Bonchev–Trinajstić information content (AvgIpc) is 2.46. The molecule has 0 aromatic heterocycles. The van der Waals surface area contributed by atoms with Crippen molar-refractivity contribution in [2.75, 3.05) is 13.7 Å². The van der Waals surface area contributed by atoms with Crippen LogP contribution in [0.2, 0.25) is 0 Å². The van der Waals surface area contributed by atoms with Crippen LogP contribution >= 0.6 is 0 Å². The van der Waals surface area contributed by atoms with Crippen molar-refractivity contribution in [3.63, 3.8) is 0 Å². The van der Waals surface area contributed by atoms with Crippen LogP contribution in [0.1, 0.15) is 38.3 Å². The van der Waals surface area contributed by atoms with E-state index in [4.69, 9.17) is 9.47 Å². The van der Waals surface area contributed by atoms with Crippen LogP contribution < -0.4 is 14.8 Å². The van der Waals surface area contributed by atoms with Crippen molar-refractivity contribution in [2.45, 2.75) is 44.9 Å². The third-order valence-corrected chi connectivity index (χ3v) is 4.87. The molecular weight excluding hydrogens is 254 g/mol. The number of hydrogen-bond acceptors (Lipinski definition) is 4. The summed E-state index contributed by atoms with van der Waals surface area (Å²) in [6.45, 7) is 4.96. The highest BCUT2D eigenvalue weighted by Crippen LogP contribution is 2.43. The zero-order chi connectivity index (χ0) is 14.3. The molecule has 1 aliphatic carbocycles. The fourth-order valence-corrected chi connectivity index (χ4v) is 3.10. The van der Waals surface area contributed by atoms with Crippen molar-refractivity contribution in [3.8, 4) is 11.5 Å². The van der Waals surface area contributed by atoms with E-state index in [0.717, 1.165) is 36.5 Å². The molecule has 0 amide bonds. The van der Waals surface area contributed by atoms with Gasteiger partial charge in [0.2, 0.25) is 0 Å². The average molecular weight is 277 g/mol. The van der Waals surface area contributed by atoms with E-state index in [2.05, 4.69) is 19.2 Å². The summed E-state index contributed by atoms with van der Waals surface area (Å²) >= 11 is 0. The van der Waals surface area contributed by atoms with E-state index in [1.165, 1.54) is 0 Å². The predicted molar refractivity (Wildman–Crippen MR) is 77.2 cm³/mol. The Hall–Kier alpha value is -1.26. The van der Waals surface area contributed by atoms with Crippen molar-refractivity contribution in [1.29, 1.82) is 0 Å². The molecule has 110 valence electrons. The summed E-state index contributed by atoms with van der Waals surface area (Å²) < 4.78 is 11.0. The number of nitrogens with one attached hydrogen (secondary N) is 1. The molecule has 2 aliphatic rings. The zero-order valence-electron chi connectivity index (χ0n) is 12.3. The summed E-state index contributed by atoms with van der Waals surface area (Å²) in [7, 11) is 1.68. The number of benzene rings is 1. The van der Waals surface area contributed by atoms with Crippen LogP contribution in [0.3, 0.4) is 0 Å². The monoisotopic (exact) mass is 277 g/mol. The lowest BCUT2D eigenvalue weighted by Crippen LogP contribution is -2.60. The van der Waals surface area contributed by atoms with Gasteiger partial charge in [-0.05, 0) is 24.6 Å². The van der Waals surface area contributed by atoms with E-state index in [9.17, 15) is 5.11 Å². The smallest absolute Gasteiger partial charge is 0.124 e. The minimum Gasteiger partial charge on any atom is -0.497 e. The number of aliphatic hydroxyl groups excluding tert-OH is 1. The Morgan fingerprint density at radius 2 is 2.20 bits per heavy atom. The van der Waals surface area contributed by atoms with Gasteiger partial charge in [0.15, 0.2) is 0 Å². The maximum absolute atomic E-state index is 9.87. The van der Waals surface area contributed by atoms with Gasteiger partial charge in [0.05, 0.1) is 19.8 Å². The fourth-order valence-electron chi connectivity index (χ4n) is 3.10. The number of rotatable bonds is 3. The number of aliphatic hydroxyl groups is 1. The Labute approximate surface area is 120 Å². The van der Waals surface area contributed by atoms with Crippen LogP contribution in [0.4, 0.5) is 0 Å². The van der Waals surface area contributed by atoms with Crippen LogP contribution in [-0.2, 0) is 0 Å². The third-order valence-electron chi connectivity index (χ3n) is 4.87. The van der Waals surface area contributed by atoms with Crippen molar-refractivity contribution in [1.82, 2.24) is 5.32 Å². The Morgan fingerprint density at radius 1 is 1.40 bits per heavy atom. The van der Waals surface area contributed by atoms with E-state index < -0.39 is 0 Å². The molecule has 0 saturated heterocycles. The molecule has 4 nitrogen and oxygen atoms in total. The van der Waals surface area contributed by atoms with Gasteiger partial charge in [-0.1, -0.05) is 13.8 Å². The van der Waals surface area contributed by atoms with Crippen molar-refractivity contribution < 1.29 is 14.6 Å². The molecular formula is C16H23NO3. The molecule has 4 heteroatoms. The Bertz CT molecular complexity index is 500. The van der Waals surface area contributed by atoms with Crippen molar-refractivity contribution in [3.05, 3.63) is 23.8 Å². The first-order valence-electron chi connectivity index (χ1n) is 7.27. The molecule has 0 spiro atoms. The maximum Gasteiger partial charge on any atom is 0.124 e. The molecule has 3 atom stereocenters. The molecule has 1 fully saturated rings. The molecule has 3 rings (SSSR count). The highest BCUT2D eigenvalue weighted by Gasteiger charge is 2.48. The molecule has 2 N–H and O–H groups in total. The first kappa shape index (κ1) is 13.7. The van der Waals surface area contributed by atoms with Crippen LogP contribution in [0.15, 0.2) is 18.2 Å². The van der Waals surface area contributed by atoms with Gasteiger partial charge < -0.3 is 19.9 Å². The third kappa shape index (κ3) is 2.17. The van der Waals surface area contributed by atoms with Gasteiger partial charge in [-0.3, -0.25) is 0 Å². The molecule has 20 heavy (non-hydrogen) atoms. The van der Waals surface area contributed by atoms with E-state index in [1.54, 1.807) is 7.11 Å². The lowest BCUT2D eigenvalue weighted by atomic mass is 9.64. The second-order valence-corrected chi connectivity index (χ2v) is 6.39. The summed E-state index contributed by atoms with van der Waals surface area (Å²) in [4.78, 5) is 0. The van der Waals surface area contributed by atoms with Gasteiger partial charge in [0.25, 0.3) is 0 Å². The molecule has 1 aromatic carbocycles. The maximum atomic E-state index is 9.87. The van der Waals surface area contributed by atoms with Crippen LogP contribution in [0.25, 0.3) is 0 Å². The second-order valence-electron chi connectivity index (χ2n) is 6.39. The summed E-state index contributed by atoms with van der Waals surface area (Å²) in [5.74, 6) is 1.79. The number of methoxy groups -OCH3 is 1. The van der Waals surface area contributed by atoms with Gasteiger partial charge in [-0.15, -0.1) is 0 Å². The lowest BCUT2D eigenvalue weighted by Gasteiger charge is -2.51. The minimum absolute atomic E-state index is 0.0582. The molecule has 3 unspecified atom stereocenters. The van der Waals surface area contributed by atoms with Crippen LogP contribution in [0.5, 0.6) is 11.5 Å². The largest absolute Gasteiger partial charge is 0.497 e. The van der Waals surface area contributed by atoms with Gasteiger partial charge in [-0.25, -0.2) is 0 Å². The molecule has 1 saturated carbocycles. The SMILES string of the molecule is COc1ccc2c(c1)C(NC1CC(O)C1(C)C)CCO2. The van der Waals surface area contributed by atoms with Gasteiger partial charge in [0, 0.05) is 29.5 Å². The lowest BCUT2D eigenvalue weighted by molar-refractivity contribution is -0.0771. The normalized spacial score (nSPS) is 30.9. The van der Waals surface area contributed by atoms with Crippen molar-refractivity contribution >= 4 is 0 Å². The zero-order valence-corrected chi connectivity index (χ0v) is 12.3. The van der Waals surface area contributed by atoms with E-state index in [1.807, 2.05) is 18.2 Å². The molecule has 1 aliphatic heterocycles. The molecule has 1 aromatic rings. The number of ether oxygens (including phenoxy) is 2. The number of fused-ring (bicyclic) bond motifs is 1. The predicted octanol–water partition coefficient (Wildman–Crippen LogP) is 2.27. The summed E-state index contributed by atoms with van der Waals surface area (Å²) in [5.41, 5.74) is 1.10. The van der Waals surface area contributed by atoms with Gasteiger partial charge in [0.1, 0.15) is 11.5 Å². The van der Waals surface area contributed by atoms with E-state index in [0.29, 0.717) is 6.04 Å². The highest BCUT2D eigenvalue weighted by molar-refractivity contribution is 5.43. The molecule has 0 radical (unpaired) electrons. The van der Waals surface area contributed by atoms with Crippen molar-refractivity contribution in [2.24, 2.45) is 5.41 Å².